The second-order valence-electron chi connectivity index (χ2n) is 2.31. The van der Waals surface area contributed by atoms with Crippen molar-refractivity contribution in [2.45, 2.75) is 19.3 Å². The average Bonchev–Trinajstić information content (AvgIpc) is 2.74. The van der Waals surface area contributed by atoms with E-state index in [1.165, 1.54) is 0 Å². The van der Waals surface area contributed by atoms with Crippen molar-refractivity contribution < 1.29 is 17.3 Å². The van der Waals surface area contributed by atoms with Crippen molar-refractivity contribution in [1.29, 1.82) is 0 Å². The van der Waals surface area contributed by atoms with E-state index in [9.17, 15) is 0 Å². The van der Waals surface area contributed by atoms with Crippen molar-refractivity contribution >= 4 is 21.0 Å². The Hall–Kier alpha value is -0.267. The zero-order valence-corrected chi connectivity index (χ0v) is 12.4. The van der Waals surface area contributed by atoms with Crippen molar-refractivity contribution in [3.63, 3.8) is 0 Å². The Morgan fingerprint density at radius 3 is 2.79 bits per heavy atom. The van der Waals surface area contributed by atoms with E-state index >= 15 is 0 Å². The van der Waals surface area contributed by atoms with Crippen molar-refractivity contribution in [3.05, 3.63) is 28.8 Å². The molecule has 68 valence electrons. The van der Waals surface area contributed by atoms with Crippen LogP contribution in [0.2, 0.25) is 0 Å². The molecule has 0 spiro atoms. The van der Waals surface area contributed by atoms with E-state index in [1.807, 2.05) is 17.5 Å². The second kappa shape index (κ2) is 10.8. The van der Waals surface area contributed by atoms with Gasteiger partial charge in [0.25, 0.3) is 0 Å². The first-order valence-corrected chi connectivity index (χ1v) is 8.90. The van der Waals surface area contributed by atoms with Crippen LogP contribution in [0.15, 0.2) is 17.5 Å². The third kappa shape index (κ3) is 7.17. The topological polar surface area (TPSA) is 0 Å². The van der Waals surface area contributed by atoms with E-state index in [0.717, 1.165) is 41.5 Å². The molecule has 0 saturated carbocycles. The molecule has 1 rings (SSSR count). The van der Waals surface area contributed by atoms with E-state index in [-0.39, 0.29) is 0 Å². The van der Waals surface area contributed by atoms with Crippen LogP contribution in [0.3, 0.4) is 0 Å². The van der Waals surface area contributed by atoms with Gasteiger partial charge in [-0.25, -0.2) is 0 Å². The number of hydrogen-bond acceptors (Lipinski definition) is 1. The summed E-state index contributed by atoms with van der Waals surface area (Å²) in [6.07, 6.45) is 9.21. The zero-order valence-electron chi connectivity index (χ0n) is 7.85. The minimum absolute atomic E-state index is 0.721. The van der Waals surface area contributed by atoms with Crippen LogP contribution in [0.4, 0.5) is 0 Å². The maximum absolute atomic E-state index is 6.68. The van der Waals surface area contributed by atoms with Crippen LogP contribution in [-0.2, 0) is 17.3 Å². The van der Waals surface area contributed by atoms with Gasteiger partial charge >= 0.3 is 27.0 Å². The van der Waals surface area contributed by atoms with Crippen molar-refractivity contribution in [3.8, 4) is 17.8 Å². The first-order chi connectivity index (χ1) is 6.93. The molecule has 14 heavy (non-hydrogen) atoms. The summed E-state index contributed by atoms with van der Waals surface area (Å²) in [6, 6.07) is 4.01. The van der Waals surface area contributed by atoms with Gasteiger partial charge in [0.05, 0.1) is 4.88 Å². The summed E-state index contributed by atoms with van der Waals surface area (Å²) in [7, 11) is 4.76. The van der Waals surface area contributed by atoms with Gasteiger partial charge in [0.15, 0.2) is 0 Å². The summed E-state index contributed by atoms with van der Waals surface area (Å²) in [5.74, 6) is 8.47. The van der Waals surface area contributed by atoms with E-state index < -0.39 is 0 Å². The fourth-order valence-corrected chi connectivity index (χ4v) is 1.36. The van der Waals surface area contributed by atoms with Crippen LogP contribution >= 0.6 is 21.0 Å². The van der Waals surface area contributed by atoms with Crippen molar-refractivity contribution in [1.82, 2.24) is 0 Å². The predicted octanol–water partition coefficient (Wildman–Crippen LogP) is 3.55. The molecule has 1 aromatic heterocycles. The standard InChI is InChI=1S/C11H9S.ClH.Zn/c1-2-3-4-5-6-8-11-9-7-10-12-11;;/h7,9-10H,3-5H2;1H;/q-1;;+2/p-1. The molecule has 0 aliphatic rings. The Balaban J connectivity index is 0.000000791. The molecule has 1 aromatic rings. The number of rotatable bonds is 2. The van der Waals surface area contributed by atoms with Gasteiger partial charge in [-0.05, 0) is 24.3 Å². The summed E-state index contributed by atoms with van der Waals surface area (Å²) in [5, 5.41) is 2.02. The Kier molecular flexibility index (Phi) is 10.6. The van der Waals surface area contributed by atoms with E-state index in [2.05, 4.69) is 17.8 Å². The van der Waals surface area contributed by atoms with Gasteiger partial charge in [0, 0.05) is 6.42 Å². The zero-order chi connectivity index (χ0) is 10.6. The summed E-state index contributed by atoms with van der Waals surface area (Å²) in [6.45, 7) is 0. The molecule has 0 radical (unpaired) electrons. The Morgan fingerprint density at radius 2 is 2.21 bits per heavy atom. The van der Waals surface area contributed by atoms with Crippen LogP contribution in [0.1, 0.15) is 24.1 Å². The van der Waals surface area contributed by atoms with Crippen LogP contribution in [0, 0.1) is 24.2 Å². The maximum atomic E-state index is 6.68. The van der Waals surface area contributed by atoms with Crippen LogP contribution < -0.4 is 0 Å². The van der Waals surface area contributed by atoms with E-state index in [4.69, 9.17) is 16.1 Å². The first kappa shape index (κ1) is 13.7. The molecule has 1 heterocycles. The molecule has 0 aliphatic carbocycles. The Labute approximate surface area is 104 Å². The van der Waals surface area contributed by atoms with Crippen LogP contribution in [0.5, 0.6) is 0 Å². The molecule has 0 fully saturated rings. The number of hydrogen-bond donors (Lipinski definition) is 0. The monoisotopic (exact) mass is 272 g/mol. The van der Waals surface area contributed by atoms with Crippen LogP contribution in [0.25, 0.3) is 0 Å². The van der Waals surface area contributed by atoms with E-state index in [1.54, 1.807) is 11.3 Å². The molecule has 0 N–H and O–H groups in total. The van der Waals surface area contributed by atoms with Gasteiger partial charge < -0.3 is 12.3 Å². The number of halogens is 1. The summed E-state index contributed by atoms with van der Waals surface area (Å²) in [5.41, 5.74) is 0. The molecule has 0 atom stereocenters. The molecule has 0 unspecified atom stereocenters. The molecule has 0 aliphatic heterocycles. The SMILES string of the molecule is [C-]#CCCCC#Cc1cccs1.[Cl][Zn+]. The molecule has 0 amide bonds. The third-order valence-corrected chi connectivity index (χ3v) is 2.12. The first-order valence-electron chi connectivity index (χ1n) is 4.12. The van der Waals surface area contributed by atoms with Gasteiger partial charge in [-0.3, -0.25) is 0 Å². The Morgan fingerprint density at radius 1 is 1.43 bits per heavy atom. The fourth-order valence-electron chi connectivity index (χ4n) is 0.764. The molecular weight excluding hydrogens is 265 g/mol. The molecule has 0 saturated heterocycles. The normalized spacial score (nSPS) is 7.57. The molecule has 0 nitrogen and oxygen atoms in total. The molecule has 0 aromatic carbocycles. The number of unbranched alkanes of at least 4 members (excludes halogenated alkanes) is 2. The minimum atomic E-state index is 0.721. The summed E-state index contributed by atoms with van der Waals surface area (Å²) < 4.78 is 0. The van der Waals surface area contributed by atoms with Gasteiger partial charge in [-0.1, -0.05) is 17.9 Å². The van der Waals surface area contributed by atoms with E-state index in [0.29, 0.717) is 0 Å². The number of thiophene rings is 1. The summed E-state index contributed by atoms with van der Waals surface area (Å²) >= 11 is 2.51. The van der Waals surface area contributed by atoms with Gasteiger partial charge in [-0.15, -0.1) is 11.3 Å². The molecular formula is C11H9ClSZn. The van der Waals surface area contributed by atoms with Crippen molar-refractivity contribution in [2.24, 2.45) is 0 Å². The molecule has 0 bridgehead atoms. The second-order valence-corrected chi connectivity index (χ2v) is 3.26. The van der Waals surface area contributed by atoms with Crippen LogP contribution in [-0.4, -0.2) is 0 Å². The van der Waals surface area contributed by atoms with Gasteiger partial charge in [-0.2, -0.15) is 0 Å². The Bertz CT molecular complexity index is 313. The summed E-state index contributed by atoms with van der Waals surface area (Å²) in [4.78, 5) is 1.12. The van der Waals surface area contributed by atoms with Gasteiger partial charge in [0.2, 0.25) is 0 Å². The predicted molar refractivity (Wildman–Crippen MR) is 58.0 cm³/mol. The molecule has 3 heteroatoms. The van der Waals surface area contributed by atoms with Crippen molar-refractivity contribution in [2.75, 3.05) is 0 Å². The quantitative estimate of drug-likeness (QED) is 0.335. The fraction of sp³-hybridized carbons (Fsp3) is 0.273. The van der Waals surface area contributed by atoms with Gasteiger partial charge in [0.1, 0.15) is 0 Å². The average molecular weight is 274 g/mol. The third-order valence-electron chi connectivity index (χ3n) is 1.34.